The van der Waals surface area contributed by atoms with E-state index >= 15 is 0 Å². The van der Waals surface area contributed by atoms with Gasteiger partial charge in [0.25, 0.3) is 5.56 Å². The highest BCUT2D eigenvalue weighted by atomic mass is 16.5. The van der Waals surface area contributed by atoms with Crippen LogP contribution in [0.15, 0.2) is 4.79 Å². The average Bonchev–Trinajstić information content (AvgIpc) is 2.99. The number of hydrogen-bond acceptors (Lipinski definition) is 8. The fraction of sp³-hybridized carbons (Fsp3) is 0.667. The Bertz CT molecular complexity index is 592. The lowest BCUT2D eigenvalue weighted by Gasteiger charge is -2.25. The van der Waals surface area contributed by atoms with E-state index in [1.165, 1.54) is 0 Å². The standard InChI is InChI=1S/C12H19N5O4/c1-13-12-14-10-9(11(20)15-12)16(2)5-17(10)8-3-6(19)7(4-18)21-8/h6-8,18-19H,3-5H2,1-2H3,(H2,13,14,15,20)/t6-,7+,8+/m0/s1. The second kappa shape index (κ2) is 5.17. The number of nitrogens with zero attached hydrogens (tertiary/aromatic N) is 3. The van der Waals surface area contributed by atoms with Crippen molar-refractivity contribution in [2.45, 2.75) is 24.9 Å². The molecule has 0 saturated carbocycles. The summed E-state index contributed by atoms with van der Waals surface area (Å²) in [6, 6.07) is 0. The number of fused-ring (bicyclic) bond motifs is 1. The van der Waals surface area contributed by atoms with Crippen LogP contribution in [0, 0.1) is 0 Å². The SMILES string of the molecule is CNc1nc2c(c(=O)[nH]1)N(C)CN2[C@H]1C[C@H](O)[C@@H](CO)O1. The van der Waals surface area contributed by atoms with Gasteiger partial charge >= 0.3 is 0 Å². The van der Waals surface area contributed by atoms with Crippen LogP contribution in [-0.2, 0) is 4.74 Å². The molecule has 9 nitrogen and oxygen atoms in total. The van der Waals surface area contributed by atoms with Crippen LogP contribution in [0.3, 0.4) is 0 Å². The van der Waals surface area contributed by atoms with Crippen molar-refractivity contribution in [3.05, 3.63) is 10.4 Å². The number of aliphatic hydroxyl groups excluding tert-OH is 2. The summed E-state index contributed by atoms with van der Waals surface area (Å²) in [5, 5.41) is 21.8. The first-order valence-electron chi connectivity index (χ1n) is 6.79. The van der Waals surface area contributed by atoms with E-state index in [9.17, 15) is 15.0 Å². The molecule has 2 aliphatic heterocycles. The molecule has 0 bridgehead atoms. The Hall–Kier alpha value is -1.84. The zero-order chi connectivity index (χ0) is 15.1. The zero-order valence-corrected chi connectivity index (χ0v) is 11.9. The lowest BCUT2D eigenvalue weighted by molar-refractivity contribution is -0.0220. The monoisotopic (exact) mass is 297 g/mol. The summed E-state index contributed by atoms with van der Waals surface area (Å²) in [5.41, 5.74) is 0.242. The molecule has 1 aromatic heterocycles. The number of H-pyrrole nitrogens is 1. The maximum absolute atomic E-state index is 12.1. The number of aromatic amines is 1. The molecule has 116 valence electrons. The second-order valence-electron chi connectivity index (χ2n) is 5.26. The minimum Gasteiger partial charge on any atom is -0.394 e. The highest BCUT2D eigenvalue weighted by Crippen LogP contribution is 2.35. The number of anilines is 3. The first-order valence-corrected chi connectivity index (χ1v) is 6.79. The average molecular weight is 297 g/mol. The van der Waals surface area contributed by atoms with Crippen LogP contribution < -0.4 is 20.7 Å². The fourth-order valence-corrected chi connectivity index (χ4v) is 2.78. The minimum absolute atomic E-state index is 0.230. The van der Waals surface area contributed by atoms with Gasteiger partial charge in [0, 0.05) is 20.5 Å². The van der Waals surface area contributed by atoms with Crippen molar-refractivity contribution >= 4 is 17.5 Å². The molecule has 21 heavy (non-hydrogen) atoms. The summed E-state index contributed by atoms with van der Waals surface area (Å²) < 4.78 is 5.65. The first kappa shape index (κ1) is 14.1. The normalized spacial score (nSPS) is 28.1. The number of rotatable bonds is 3. The Morgan fingerprint density at radius 2 is 2.33 bits per heavy atom. The molecule has 0 aliphatic carbocycles. The molecule has 3 rings (SSSR count). The van der Waals surface area contributed by atoms with E-state index in [-0.39, 0.29) is 12.2 Å². The van der Waals surface area contributed by atoms with Crippen LogP contribution in [-0.4, -0.2) is 66.0 Å². The van der Waals surface area contributed by atoms with Gasteiger partial charge in [-0.2, -0.15) is 4.98 Å². The van der Waals surface area contributed by atoms with Gasteiger partial charge in [0.05, 0.1) is 19.4 Å². The smallest absolute Gasteiger partial charge is 0.278 e. The quantitative estimate of drug-likeness (QED) is 0.533. The lowest BCUT2D eigenvalue weighted by atomic mass is 10.2. The Labute approximate surface area is 121 Å². The van der Waals surface area contributed by atoms with Crippen molar-refractivity contribution in [1.29, 1.82) is 0 Å². The molecule has 0 spiro atoms. The first-order chi connectivity index (χ1) is 10.0. The molecule has 4 N–H and O–H groups in total. The van der Waals surface area contributed by atoms with Gasteiger partial charge in [-0.1, -0.05) is 0 Å². The summed E-state index contributed by atoms with van der Waals surface area (Å²) in [4.78, 5) is 22.7. The maximum atomic E-state index is 12.1. The molecule has 0 amide bonds. The highest BCUT2D eigenvalue weighted by Gasteiger charge is 2.41. The molecule has 0 unspecified atom stereocenters. The summed E-state index contributed by atoms with van der Waals surface area (Å²) >= 11 is 0. The molecule has 2 aliphatic rings. The van der Waals surface area contributed by atoms with Crippen LogP contribution in [0.1, 0.15) is 6.42 Å². The van der Waals surface area contributed by atoms with E-state index in [0.717, 1.165) is 0 Å². The Balaban J connectivity index is 1.95. The van der Waals surface area contributed by atoms with Crippen molar-refractivity contribution in [2.24, 2.45) is 0 Å². The van der Waals surface area contributed by atoms with Crippen LogP contribution in [0.2, 0.25) is 0 Å². The number of ether oxygens (including phenoxy) is 1. The third-order valence-electron chi connectivity index (χ3n) is 3.86. The molecule has 0 aromatic carbocycles. The van der Waals surface area contributed by atoms with Crippen LogP contribution >= 0.6 is 0 Å². The van der Waals surface area contributed by atoms with Gasteiger partial charge in [0.15, 0.2) is 5.82 Å². The largest absolute Gasteiger partial charge is 0.394 e. The van der Waals surface area contributed by atoms with Gasteiger partial charge in [0.2, 0.25) is 5.95 Å². The topological polar surface area (TPSA) is 114 Å². The van der Waals surface area contributed by atoms with Crippen molar-refractivity contribution in [3.63, 3.8) is 0 Å². The summed E-state index contributed by atoms with van der Waals surface area (Å²) in [7, 11) is 3.47. The molecule has 9 heteroatoms. The maximum Gasteiger partial charge on any atom is 0.278 e. The zero-order valence-electron chi connectivity index (χ0n) is 11.9. The van der Waals surface area contributed by atoms with Gasteiger partial charge < -0.3 is 30.1 Å². The van der Waals surface area contributed by atoms with Crippen LogP contribution in [0.25, 0.3) is 0 Å². The molecule has 3 atom stereocenters. The van der Waals surface area contributed by atoms with Crippen molar-refractivity contribution in [1.82, 2.24) is 9.97 Å². The van der Waals surface area contributed by atoms with Gasteiger partial charge in [0.1, 0.15) is 18.0 Å². The van der Waals surface area contributed by atoms with Crippen molar-refractivity contribution < 1.29 is 14.9 Å². The van der Waals surface area contributed by atoms with Crippen LogP contribution in [0.5, 0.6) is 0 Å². The summed E-state index contributed by atoms with van der Waals surface area (Å²) in [6.07, 6.45) is -1.38. The predicted octanol–water partition coefficient (Wildman–Crippen LogP) is -1.51. The third kappa shape index (κ3) is 2.23. The number of aliphatic hydroxyl groups is 2. The Kier molecular flexibility index (Phi) is 3.47. The van der Waals surface area contributed by atoms with Crippen molar-refractivity contribution in [3.8, 4) is 0 Å². The lowest BCUT2D eigenvalue weighted by Crippen LogP contribution is -2.38. The third-order valence-corrected chi connectivity index (χ3v) is 3.86. The Morgan fingerprint density at radius 1 is 1.57 bits per heavy atom. The van der Waals surface area contributed by atoms with Gasteiger partial charge in [-0.25, -0.2) is 0 Å². The number of aromatic nitrogens is 2. The van der Waals surface area contributed by atoms with Gasteiger partial charge in [-0.3, -0.25) is 9.78 Å². The van der Waals surface area contributed by atoms with E-state index in [1.807, 2.05) is 4.90 Å². The van der Waals surface area contributed by atoms with E-state index in [4.69, 9.17) is 4.74 Å². The van der Waals surface area contributed by atoms with E-state index < -0.39 is 18.4 Å². The molecule has 1 saturated heterocycles. The van der Waals surface area contributed by atoms with E-state index in [2.05, 4.69) is 15.3 Å². The van der Waals surface area contributed by atoms with Crippen molar-refractivity contribution in [2.75, 3.05) is 42.5 Å². The molecule has 1 fully saturated rings. The molecule has 1 aromatic rings. The minimum atomic E-state index is -0.722. The molecule has 3 heterocycles. The second-order valence-corrected chi connectivity index (χ2v) is 5.26. The number of hydrogen-bond donors (Lipinski definition) is 4. The predicted molar refractivity (Wildman–Crippen MR) is 76.5 cm³/mol. The highest BCUT2D eigenvalue weighted by molar-refractivity contribution is 5.72. The molecule has 0 radical (unpaired) electrons. The molecular formula is C12H19N5O4. The fourth-order valence-electron chi connectivity index (χ4n) is 2.78. The number of nitrogens with one attached hydrogen (secondary N) is 2. The van der Waals surface area contributed by atoms with Crippen LogP contribution in [0.4, 0.5) is 17.5 Å². The molecular weight excluding hydrogens is 278 g/mol. The summed E-state index contributed by atoms with van der Waals surface area (Å²) in [6.45, 7) is 0.201. The Morgan fingerprint density at radius 3 is 2.95 bits per heavy atom. The van der Waals surface area contributed by atoms with Gasteiger partial charge in [-0.05, 0) is 0 Å². The van der Waals surface area contributed by atoms with Gasteiger partial charge in [-0.15, -0.1) is 0 Å². The van der Waals surface area contributed by atoms with E-state index in [1.54, 1.807) is 19.0 Å². The van der Waals surface area contributed by atoms with E-state index in [0.29, 0.717) is 30.5 Å². The summed E-state index contributed by atoms with van der Waals surface area (Å²) in [5.74, 6) is 0.887.